The summed E-state index contributed by atoms with van der Waals surface area (Å²) in [6.07, 6.45) is 1.01. The van der Waals surface area contributed by atoms with E-state index in [9.17, 15) is 0 Å². The predicted octanol–water partition coefficient (Wildman–Crippen LogP) is 4.44. The van der Waals surface area contributed by atoms with Crippen LogP contribution in [0.2, 0.25) is 10.0 Å². The average Bonchev–Trinajstić information content (AvgIpc) is 2.14. The fourth-order valence-corrected chi connectivity index (χ4v) is 2.15. The maximum Gasteiger partial charge on any atom is 0.0468 e. The fraction of sp³-hybridized carbons (Fsp3) is 0.500. The molecule has 1 atom stereocenters. The van der Waals surface area contributed by atoms with Gasteiger partial charge in [-0.05, 0) is 24.1 Å². The van der Waals surface area contributed by atoms with Crippen LogP contribution >= 0.6 is 23.2 Å². The summed E-state index contributed by atoms with van der Waals surface area (Å²) in [6.45, 7) is 6.41. The Hall–Kier alpha value is -0.240. The molecule has 84 valence electrons. The molecule has 0 spiro atoms. The molecule has 0 bridgehead atoms. The Balaban J connectivity index is 2.91. The fourth-order valence-electron chi connectivity index (χ4n) is 1.61. The van der Waals surface area contributed by atoms with Gasteiger partial charge in [-0.15, -0.1) is 0 Å². The standard InChI is InChI=1S/C12H17Cl2N/c1-4-12(15-8(2)3)10-6-5-9(13)7-11(10)14/h5-8,12,15H,4H2,1-3H3. The van der Waals surface area contributed by atoms with E-state index in [1.165, 1.54) is 0 Å². The number of rotatable bonds is 4. The largest absolute Gasteiger partial charge is 0.308 e. The molecule has 1 unspecified atom stereocenters. The summed E-state index contributed by atoms with van der Waals surface area (Å²) in [5, 5.41) is 4.90. The van der Waals surface area contributed by atoms with Crippen molar-refractivity contribution in [2.45, 2.75) is 39.3 Å². The van der Waals surface area contributed by atoms with Crippen LogP contribution in [-0.2, 0) is 0 Å². The molecular formula is C12H17Cl2N. The SMILES string of the molecule is CCC(NC(C)C)c1ccc(Cl)cc1Cl. The van der Waals surface area contributed by atoms with Gasteiger partial charge < -0.3 is 5.32 Å². The molecule has 0 amide bonds. The van der Waals surface area contributed by atoms with Crippen molar-refractivity contribution in [1.29, 1.82) is 0 Å². The number of nitrogens with one attached hydrogen (secondary N) is 1. The lowest BCUT2D eigenvalue weighted by molar-refractivity contribution is 0.466. The molecule has 0 aliphatic heterocycles. The quantitative estimate of drug-likeness (QED) is 0.827. The van der Waals surface area contributed by atoms with Gasteiger partial charge in [0.2, 0.25) is 0 Å². The highest BCUT2D eigenvalue weighted by Gasteiger charge is 2.13. The minimum Gasteiger partial charge on any atom is -0.308 e. The van der Waals surface area contributed by atoms with Crippen molar-refractivity contribution in [2.24, 2.45) is 0 Å². The van der Waals surface area contributed by atoms with Crippen LogP contribution in [0.3, 0.4) is 0 Å². The Morgan fingerprint density at radius 1 is 1.27 bits per heavy atom. The molecule has 1 rings (SSSR count). The van der Waals surface area contributed by atoms with Gasteiger partial charge in [0.25, 0.3) is 0 Å². The molecule has 1 aromatic rings. The number of hydrogen-bond acceptors (Lipinski definition) is 1. The van der Waals surface area contributed by atoms with Gasteiger partial charge in [-0.2, -0.15) is 0 Å². The van der Waals surface area contributed by atoms with Crippen LogP contribution in [0, 0.1) is 0 Å². The Morgan fingerprint density at radius 2 is 1.93 bits per heavy atom. The normalized spacial score (nSPS) is 13.2. The van der Waals surface area contributed by atoms with Crippen LogP contribution in [0.1, 0.15) is 38.8 Å². The van der Waals surface area contributed by atoms with Crippen molar-refractivity contribution in [3.8, 4) is 0 Å². The van der Waals surface area contributed by atoms with E-state index in [0.717, 1.165) is 17.0 Å². The van der Waals surface area contributed by atoms with Crippen molar-refractivity contribution >= 4 is 23.2 Å². The topological polar surface area (TPSA) is 12.0 Å². The molecule has 0 fully saturated rings. The first-order valence-electron chi connectivity index (χ1n) is 5.25. The molecule has 0 heterocycles. The number of benzene rings is 1. The zero-order valence-electron chi connectivity index (χ0n) is 9.35. The van der Waals surface area contributed by atoms with E-state index < -0.39 is 0 Å². The first-order chi connectivity index (χ1) is 7.04. The van der Waals surface area contributed by atoms with Gasteiger partial charge in [-0.25, -0.2) is 0 Å². The van der Waals surface area contributed by atoms with Crippen LogP contribution in [0.15, 0.2) is 18.2 Å². The highest BCUT2D eigenvalue weighted by molar-refractivity contribution is 6.35. The summed E-state index contributed by atoms with van der Waals surface area (Å²) in [4.78, 5) is 0. The summed E-state index contributed by atoms with van der Waals surface area (Å²) in [5.74, 6) is 0. The van der Waals surface area contributed by atoms with E-state index in [4.69, 9.17) is 23.2 Å². The summed E-state index contributed by atoms with van der Waals surface area (Å²) < 4.78 is 0. The highest BCUT2D eigenvalue weighted by atomic mass is 35.5. The van der Waals surface area contributed by atoms with Crippen LogP contribution in [0.4, 0.5) is 0 Å². The lowest BCUT2D eigenvalue weighted by atomic mass is 10.0. The molecule has 15 heavy (non-hydrogen) atoms. The summed E-state index contributed by atoms with van der Waals surface area (Å²) in [5.41, 5.74) is 1.12. The molecule has 0 radical (unpaired) electrons. The third-order valence-corrected chi connectivity index (χ3v) is 2.84. The third-order valence-electron chi connectivity index (χ3n) is 2.28. The molecular weight excluding hydrogens is 229 g/mol. The lowest BCUT2D eigenvalue weighted by Crippen LogP contribution is -2.27. The Bertz CT molecular complexity index is 323. The molecule has 0 saturated heterocycles. The molecule has 1 N–H and O–H groups in total. The summed E-state index contributed by atoms with van der Waals surface area (Å²) in [7, 11) is 0. The summed E-state index contributed by atoms with van der Waals surface area (Å²) >= 11 is 12.0. The van der Waals surface area contributed by atoms with Gasteiger partial charge in [-0.3, -0.25) is 0 Å². The van der Waals surface area contributed by atoms with Gasteiger partial charge >= 0.3 is 0 Å². The third kappa shape index (κ3) is 3.67. The average molecular weight is 246 g/mol. The zero-order valence-corrected chi connectivity index (χ0v) is 10.9. The molecule has 3 heteroatoms. The maximum absolute atomic E-state index is 6.16. The van der Waals surface area contributed by atoms with Crippen LogP contribution in [-0.4, -0.2) is 6.04 Å². The highest BCUT2D eigenvalue weighted by Crippen LogP contribution is 2.28. The first-order valence-corrected chi connectivity index (χ1v) is 6.01. The Kier molecular flexibility index (Phi) is 4.91. The van der Waals surface area contributed by atoms with Crippen LogP contribution in [0.5, 0.6) is 0 Å². The van der Waals surface area contributed by atoms with Gasteiger partial charge in [0, 0.05) is 22.1 Å². The predicted molar refractivity (Wildman–Crippen MR) is 67.8 cm³/mol. The van der Waals surface area contributed by atoms with Crippen molar-refractivity contribution in [1.82, 2.24) is 5.32 Å². The first kappa shape index (κ1) is 12.8. The van der Waals surface area contributed by atoms with E-state index in [1.807, 2.05) is 12.1 Å². The maximum atomic E-state index is 6.16. The second kappa shape index (κ2) is 5.74. The Labute approximate surface area is 102 Å². The monoisotopic (exact) mass is 245 g/mol. The molecule has 0 aliphatic carbocycles. The number of halogens is 2. The van der Waals surface area contributed by atoms with E-state index in [2.05, 4.69) is 26.1 Å². The molecule has 0 aromatic heterocycles. The minimum absolute atomic E-state index is 0.301. The summed E-state index contributed by atoms with van der Waals surface area (Å²) in [6, 6.07) is 6.42. The van der Waals surface area contributed by atoms with Gasteiger partial charge in [-0.1, -0.05) is 50.0 Å². The van der Waals surface area contributed by atoms with Crippen LogP contribution < -0.4 is 5.32 Å². The van der Waals surface area contributed by atoms with Gasteiger partial charge in [0.15, 0.2) is 0 Å². The molecule has 0 saturated carbocycles. The van der Waals surface area contributed by atoms with Crippen LogP contribution in [0.25, 0.3) is 0 Å². The number of hydrogen-bond donors (Lipinski definition) is 1. The van der Waals surface area contributed by atoms with Gasteiger partial charge in [0.1, 0.15) is 0 Å². The van der Waals surface area contributed by atoms with Crippen molar-refractivity contribution in [2.75, 3.05) is 0 Å². The van der Waals surface area contributed by atoms with E-state index in [1.54, 1.807) is 6.07 Å². The van der Waals surface area contributed by atoms with Crippen molar-refractivity contribution in [3.05, 3.63) is 33.8 Å². The Morgan fingerprint density at radius 3 is 2.40 bits per heavy atom. The molecule has 1 aromatic carbocycles. The van der Waals surface area contributed by atoms with Gasteiger partial charge in [0.05, 0.1) is 0 Å². The molecule has 0 aliphatic rings. The second-order valence-corrected chi connectivity index (χ2v) is 4.79. The molecule has 1 nitrogen and oxygen atoms in total. The van der Waals surface area contributed by atoms with E-state index >= 15 is 0 Å². The second-order valence-electron chi connectivity index (χ2n) is 3.95. The zero-order chi connectivity index (χ0) is 11.4. The van der Waals surface area contributed by atoms with Crippen molar-refractivity contribution < 1.29 is 0 Å². The van der Waals surface area contributed by atoms with E-state index in [-0.39, 0.29) is 0 Å². The van der Waals surface area contributed by atoms with Crippen molar-refractivity contribution in [3.63, 3.8) is 0 Å². The smallest absolute Gasteiger partial charge is 0.0468 e. The van der Waals surface area contributed by atoms with E-state index in [0.29, 0.717) is 17.1 Å². The minimum atomic E-state index is 0.301. The lowest BCUT2D eigenvalue weighted by Gasteiger charge is -2.21.